The van der Waals surface area contributed by atoms with Crippen molar-refractivity contribution in [2.45, 2.75) is 72.5 Å². The minimum Gasteiger partial charge on any atom is -0.460 e. The van der Waals surface area contributed by atoms with E-state index in [4.69, 9.17) is 9.47 Å². The Hall–Kier alpha value is -1.36. The molecule has 0 saturated carbocycles. The van der Waals surface area contributed by atoms with Crippen LogP contribution >= 0.6 is 0 Å². The SMILES string of the molecule is C=CC(=O)OC(C)(C)C.CCCNCCC(=O)OC(C)(C)C. The van der Waals surface area contributed by atoms with Crippen LogP contribution in [0, 0.1) is 0 Å². The minimum atomic E-state index is -0.398. The fourth-order valence-corrected chi connectivity index (χ4v) is 1.23. The summed E-state index contributed by atoms with van der Waals surface area (Å²) in [7, 11) is 0. The molecule has 0 aliphatic carbocycles. The van der Waals surface area contributed by atoms with Gasteiger partial charge in [0.2, 0.25) is 0 Å². The standard InChI is InChI=1S/C10H21NO2.C7H12O2/c1-5-7-11-8-6-9(12)13-10(2,3)4;1-5-6(8)9-7(2,3)4/h11H,5-8H2,1-4H3;5H,1H2,2-4H3. The predicted octanol–water partition coefficient (Wildman–Crippen LogP) is 3.23. The Morgan fingerprint density at radius 3 is 1.82 bits per heavy atom. The number of carbonyl (C=O) groups is 2. The van der Waals surface area contributed by atoms with Crippen molar-refractivity contribution in [2.24, 2.45) is 0 Å². The molecule has 5 heteroatoms. The molecule has 0 aromatic heterocycles. The van der Waals surface area contributed by atoms with Gasteiger partial charge in [0.15, 0.2) is 0 Å². The molecule has 0 aromatic rings. The van der Waals surface area contributed by atoms with Crippen molar-refractivity contribution in [3.05, 3.63) is 12.7 Å². The first-order valence-electron chi connectivity index (χ1n) is 7.69. The number of nitrogens with one attached hydrogen (secondary N) is 1. The number of esters is 2. The largest absolute Gasteiger partial charge is 0.460 e. The smallest absolute Gasteiger partial charge is 0.330 e. The van der Waals surface area contributed by atoms with Crippen molar-refractivity contribution < 1.29 is 19.1 Å². The Labute approximate surface area is 135 Å². The molecule has 0 saturated heterocycles. The summed E-state index contributed by atoms with van der Waals surface area (Å²) in [6.45, 7) is 18.1. The van der Waals surface area contributed by atoms with Gasteiger partial charge in [-0.1, -0.05) is 13.5 Å². The summed E-state index contributed by atoms with van der Waals surface area (Å²) in [5.74, 6) is -0.501. The summed E-state index contributed by atoms with van der Waals surface area (Å²) in [4.78, 5) is 21.6. The van der Waals surface area contributed by atoms with Gasteiger partial charge >= 0.3 is 11.9 Å². The Balaban J connectivity index is 0. The summed E-state index contributed by atoms with van der Waals surface area (Å²) in [5, 5.41) is 3.15. The van der Waals surface area contributed by atoms with E-state index in [1.165, 1.54) is 0 Å². The molecule has 0 aliphatic heterocycles. The van der Waals surface area contributed by atoms with Gasteiger partial charge in [-0.3, -0.25) is 4.79 Å². The highest BCUT2D eigenvalue weighted by Gasteiger charge is 2.15. The van der Waals surface area contributed by atoms with Crippen LogP contribution in [0.25, 0.3) is 0 Å². The van der Waals surface area contributed by atoms with Crippen LogP contribution < -0.4 is 5.32 Å². The van der Waals surface area contributed by atoms with E-state index >= 15 is 0 Å². The summed E-state index contributed by atoms with van der Waals surface area (Å²) in [5.41, 5.74) is -0.757. The molecule has 0 bridgehead atoms. The highest BCUT2D eigenvalue weighted by Crippen LogP contribution is 2.07. The Morgan fingerprint density at radius 2 is 1.50 bits per heavy atom. The van der Waals surface area contributed by atoms with Gasteiger partial charge in [-0.15, -0.1) is 0 Å². The van der Waals surface area contributed by atoms with Crippen molar-refractivity contribution in [3.63, 3.8) is 0 Å². The van der Waals surface area contributed by atoms with Gasteiger partial charge in [-0.25, -0.2) is 4.79 Å². The molecule has 130 valence electrons. The molecule has 0 fully saturated rings. The molecule has 0 aromatic carbocycles. The van der Waals surface area contributed by atoms with Crippen LogP contribution in [0.1, 0.15) is 61.3 Å². The normalized spacial score (nSPS) is 11.0. The van der Waals surface area contributed by atoms with Gasteiger partial charge in [0.1, 0.15) is 11.2 Å². The van der Waals surface area contributed by atoms with Crippen LogP contribution in [0.3, 0.4) is 0 Å². The van der Waals surface area contributed by atoms with E-state index in [2.05, 4.69) is 18.8 Å². The van der Waals surface area contributed by atoms with Crippen molar-refractivity contribution in [3.8, 4) is 0 Å². The van der Waals surface area contributed by atoms with Crippen LogP contribution in [0.4, 0.5) is 0 Å². The maximum Gasteiger partial charge on any atom is 0.330 e. The Kier molecular flexibility index (Phi) is 11.7. The first kappa shape index (κ1) is 22.9. The van der Waals surface area contributed by atoms with E-state index in [0.717, 1.165) is 19.0 Å². The topological polar surface area (TPSA) is 64.6 Å². The van der Waals surface area contributed by atoms with E-state index in [1.807, 2.05) is 41.5 Å². The van der Waals surface area contributed by atoms with Crippen molar-refractivity contribution in [1.82, 2.24) is 5.32 Å². The molecule has 0 amide bonds. The van der Waals surface area contributed by atoms with Crippen LogP contribution in [0.15, 0.2) is 12.7 Å². The molecule has 0 rings (SSSR count). The molecule has 0 unspecified atom stereocenters. The zero-order valence-electron chi connectivity index (χ0n) is 15.2. The Morgan fingerprint density at radius 1 is 1.00 bits per heavy atom. The molecule has 0 spiro atoms. The van der Waals surface area contributed by atoms with Gasteiger partial charge in [0.05, 0.1) is 6.42 Å². The third-order valence-electron chi connectivity index (χ3n) is 1.93. The molecule has 0 atom stereocenters. The highest BCUT2D eigenvalue weighted by atomic mass is 16.6. The molecule has 0 heterocycles. The summed E-state index contributed by atoms with van der Waals surface area (Å²) in [6, 6.07) is 0. The fourth-order valence-electron chi connectivity index (χ4n) is 1.23. The van der Waals surface area contributed by atoms with Crippen LogP contribution in [-0.2, 0) is 19.1 Å². The van der Waals surface area contributed by atoms with Gasteiger partial charge < -0.3 is 14.8 Å². The van der Waals surface area contributed by atoms with E-state index in [9.17, 15) is 9.59 Å². The van der Waals surface area contributed by atoms with E-state index in [-0.39, 0.29) is 17.5 Å². The lowest BCUT2D eigenvalue weighted by Gasteiger charge is -2.19. The average Bonchev–Trinajstić information content (AvgIpc) is 2.31. The zero-order chi connectivity index (χ0) is 17.8. The lowest BCUT2D eigenvalue weighted by atomic mass is 10.2. The number of hydrogen-bond acceptors (Lipinski definition) is 5. The second-order valence-electron chi connectivity index (χ2n) is 6.82. The van der Waals surface area contributed by atoms with Gasteiger partial charge in [-0.2, -0.15) is 0 Å². The average molecular weight is 315 g/mol. The van der Waals surface area contributed by atoms with Crippen LogP contribution in [0.2, 0.25) is 0 Å². The van der Waals surface area contributed by atoms with Crippen LogP contribution in [-0.4, -0.2) is 36.2 Å². The van der Waals surface area contributed by atoms with Gasteiger partial charge in [0.25, 0.3) is 0 Å². The van der Waals surface area contributed by atoms with E-state index in [1.54, 1.807) is 0 Å². The van der Waals surface area contributed by atoms with Crippen LogP contribution in [0.5, 0.6) is 0 Å². The number of hydrogen-bond donors (Lipinski definition) is 1. The van der Waals surface area contributed by atoms with Gasteiger partial charge in [-0.05, 0) is 54.5 Å². The maximum atomic E-state index is 11.2. The lowest BCUT2D eigenvalue weighted by molar-refractivity contribution is -0.154. The third kappa shape index (κ3) is 20.9. The van der Waals surface area contributed by atoms with E-state index < -0.39 is 5.60 Å². The first-order valence-corrected chi connectivity index (χ1v) is 7.69. The molecule has 5 nitrogen and oxygen atoms in total. The molecule has 22 heavy (non-hydrogen) atoms. The Bertz CT molecular complexity index is 338. The second kappa shape index (κ2) is 11.2. The molecular formula is C17H33NO4. The van der Waals surface area contributed by atoms with Crippen molar-refractivity contribution >= 4 is 11.9 Å². The third-order valence-corrected chi connectivity index (χ3v) is 1.93. The van der Waals surface area contributed by atoms with Gasteiger partial charge in [0, 0.05) is 12.6 Å². The predicted molar refractivity (Wildman–Crippen MR) is 89.7 cm³/mol. The van der Waals surface area contributed by atoms with Crippen molar-refractivity contribution in [1.29, 1.82) is 0 Å². The maximum absolute atomic E-state index is 11.2. The second-order valence-corrected chi connectivity index (χ2v) is 6.82. The molecule has 1 N–H and O–H groups in total. The highest BCUT2D eigenvalue weighted by molar-refractivity contribution is 5.81. The quantitative estimate of drug-likeness (QED) is 0.463. The summed E-state index contributed by atoms with van der Waals surface area (Å²) >= 11 is 0. The monoisotopic (exact) mass is 315 g/mol. The minimum absolute atomic E-state index is 0.129. The number of ether oxygens (including phenoxy) is 2. The van der Waals surface area contributed by atoms with E-state index in [0.29, 0.717) is 13.0 Å². The number of rotatable bonds is 6. The lowest BCUT2D eigenvalue weighted by Crippen LogP contribution is -2.27. The summed E-state index contributed by atoms with van der Waals surface area (Å²) in [6.07, 6.45) is 2.71. The van der Waals surface area contributed by atoms with Crippen molar-refractivity contribution in [2.75, 3.05) is 13.1 Å². The fraction of sp³-hybridized carbons (Fsp3) is 0.765. The number of carbonyl (C=O) groups excluding carboxylic acids is 2. The zero-order valence-corrected chi connectivity index (χ0v) is 15.2. The summed E-state index contributed by atoms with van der Waals surface area (Å²) < 4.78 is 9.97. The molecule has 0 radical (unpaired) electrons. The molecular weight excluding hydrogens is 282 g/mol. The first-order chi connectivity index (χ1) is 9.91. The molecule has 0 aliphatic rings.